The molecule has 7 nitrogen and oxygen atoms in total. The number of hydrogen-bond acceptors (Lipinski definition) is 5. The molecule has 0 saturated heterocycles. The molecule has 0 N–H and O–H groups in total. The fraction of sp³-hybridized carbons (Fsp3) is 0.0833. The van der Waals surface area contributed by atoms with Crippen LogP contribution in [-0.2, 0) is 4.79 Å². The van der Waals surface area contributed by atoms with E-state index in [1.165, 1.54) is 12.1 Å². The van der Waals surface area contributed by atoms with Gasteiger partial charge in [0.15, 0.2) is 0 Å². The highest BCUT2D eigenvalue weighted by Gasteiger charge is 2.32. The number of anilines is 1. The molecule has 31 heavy (non-hydrogen) atoms. The number of carbonyl (C=O) groups is 1. The maximum atomic E-state index is 13.3. The number of ether oxygens (including phenoxy) is 1. The van der Waals surface area contributed by atoms with Gasteiger partial charge in [-0.15, -0.1) is 0 Å². The Morgan fingerprint density at radius 2 is 1.74 bits per heavy atom. The summed E-state index contributed by atoms with van der Waals surface area (Å²) < 4.78 is 5.22. The summed E-state index contributed by atoms with van der Waals surface area (Å²) in [6, 6.07) is 20.9. The molecule has 1 aliphatic rings. The van der Waals surface area contributed by atoms with E-state index in [1.54, 1.807) is 54.5 Å². The predicted molar refractivity (Wildman–Crippen MR) is 119 cm³/mol. The molecule has 0 spiro atoms. The molecule has 0 unspecified atom stereocenters. The van der Waals surface area contributed by atoms with Crippen molar-refractivity contribution >= 4 is 29.2 Å². The van der Waals surface area contributed by atoms with Crippen molar-refractivity contribution in [3.8, 4) is 5.75 Å². The van der Waals surface area contributed by atoms with Crippen molar-refractivity contribution in [2.24, 2.45) is 4.99 Å². The summed E-state index contributed by atoms with van der Waals surface area (Å²) in [5.41, 5.74) is 3.42. The van der Waals surface area contributed by atoms with E-state index in [1.807, 2.05) is 31.2 Å². The Kier molecular flexibility index (Phi) is 5.32. The first-order chi connectivity index (χ1) is 15.0. The summed E-state index contributed by atoms with van der Waals surface area (Å²) in [7, 11) is 1.58. The van der Waals surface area contributed by atoms with Gasteiger partial charge in [0.2, 0.25) is 0 Å². The number of nitro groups is 1. The van der Waals surface area contributed by atoms with Gasteiger partial charge in [-0.1, -0.05) is 23.8 Å². The van der Waals surface area contributed by atoms with E-state index in [-0.39, 0.29) is 17.3 Å². The second kappa shape index (κ2) is 8.23. The monoisotopic (exact) mass is 413 g/mol. The molecule has 4 rings (SSSR count). The van der Waals surface area contributed by atoms with E-state index >= 15 is 0 Å². The van der Waals surface area contributed by atoms with Crippen LogP contribution in [0, 0.1) is 17.0 Å². The summed E-state index contributed by atoms with van der Waals surface area (Å²) in [6.07, 6.45) is 1.63. The molecular weight excluding hydrogens is 394 g/mol. The smallest absolute Gasteiger partial charge is 0.282 e. The zero-order chi connectivity index (χ0) is 22.0. The highest BCUT2D eigenvalue weighted by Crippen LogP contribution is 2.29. The molecule has 0 aromatic heterocycles. The molecule has 1 aliphatic heterocycles. The SMILES string of the molecule is COc1ccc(N2C(=O)/C(=C\c3ccc([N+](=O)[O-])cc3)N=C2c2cccc(C)c2)cc1. The van der Waals surface area contributed by atoms with Gasteiger partial charge in [0, 0.05) is 17.7 Å². The quantitative estimate of drug-likeness (QED) is 0.343. The average molecular weight is 413 g/mol. The number of methoxy groups -OCH3 is 1. The number of amidine groups is 1. The Hall–Kier alpha value is -4.26. The Balaban J connectivity index is 1.78. The minimum absolute atomic E-state index is 0.0105. The second-order valence-corrected chi connectivity index (χ2v) is 7.02. The molecule has 1 amide bonds. The number of carbonyl (C=O) groups excluding carboxylic acids is 1. The lowest BCUT2D eigenvalue weighted by molar-refractivity contribution is -0.384. The van der Waals surface area contributed by atoms with Gasteiger partial charge in [0.1, 0.15) is 17.3 Å². The summed E-state index contributed by atoms with van der Waals surface area (Å²) in [6.45, 7) is 1.98. The fourth-order valence-corrected chi connectivity index (χ4v) is 3.32. The van der Waals surface area contributed by atoms with Gasteiger partial charge in [-0.2, -0.15) is 0 Å². The first kappa shape index (κ1) is 20.0. The van der Waals surface area contributed by atoms with Crippen LogP contribution in [0.4, 0.5) is 11.4 Å². The van der Waals surface area contributed by atoms with E-state index < -0.39 is 4.92 Å². The largest absolute Gasteiger partial charge is 0.497 e. The van der Waals surface area contributed by atoms with Gasteiger partial charge in [-0.05, 0) is 61.0 Å². The molecule has 0 atom stereocenters. The van der Waals surface area contributed by atoms with Crippen LogP contribution in [0.15, 0.2) is 83.5 Å². The van der Waals surface area contributed by atoms with Crippen LogP contribution in [0.5, 0.6) is 5.75 Å². The molecule has 7 heteroatoms. The zero-order valence-electron chi connectivity index (χ0n) is 17.0. The van der Waals surface area contributed by atoms with Gasteiger partial charge in [0.25, 0.3) is 11.6 Å². The molecular formula is C24H19N3O4. The van der Waals surface area contributed by atoms with Crippen molar-refractivity contribution < 1.29 is 14.5 Å². The molecule has 0 bridgehead atoms. The van der Waals surface area contributed by atoms with Crippen LogP contribution in [0.2, 0.25) is 0 Å². The zero-order valence-corrected chi connectivity index (χ0v) is 17.0. The lowest BCUT2D eigenvalue weighted by atomic mass is 10.1. The molecule has 0 aliphatic carbocycles. The van der Waals surface area contributed by atoms with Gasteiger partial charge in [0.05, 0.1) is 17.7 Å². The maximum absolute atomic E-state index is 13.3. The minimum Gasteiger partial charge on any atom is -0.497 e. The van der Waals surface area contributed by atoms with Gasteiger partial charge < -0.3 is 4.74 Å². The van der Waals surface area contributed by atoms with E-state index in [2.05, 4.69) is 4.99 Å². The number of aliphatic imine (C=N–C) groups is 1. The number of aryl methyl sites for hydroxylation is 1. The summed E-state index contributed by atoms with van der Waals surface area (Å²) in [5, 5.41) is 10.9. The van der Waals surface area contributed by atoms with Crippen molar-refractivity contribution in [1.29, 1.82) is 0 Å². The van der Waals surface area contributed by atoms with Crippen LogP contribution < -0.4 is 9.64 Å². The van der Waals surface area contributed by atoms with Crippen LogP contribution in [-0.4, -0.2) is 23.8 Å². The number of hydrogen-bond donors (Lipinski definition) is 0. The topological polar surface area (TPSA) is 85.0 Å². The number of benzene rings is 3. The number of nitrogens with zero attached hydrogens (tertiary/aromatic N) is 3. The van der Waals surface area contributed by atoms with Crippen molar-refractivity contribution in [2.75, 3.05) is 12.0 Å². The maximum Gasteiger partial charge on any atom is 0.282 e. The average Bonchev–Trinajstić information content (AvgIpc) is 3.10. The van der Waals surface area contributed by atoms with Crippen LogP contribution in [0.25, 0.3) is 6.08 Å². The standard InChI is InChI=1S/C24H19N3O4/c1-16-4-3-5-18(14-16)23-25-22(15-17-6-8-20(9-7-17)27(29)30)24(28)26(23)19-10-12-21(31-2)13-11-19/h3-15H,1-2H3/b22-15+. The van der Waals surface area contributed by atoms with Gasteiger partial charge in [-0.25, -0.2) is 4.99 Å². The lowest BCUT2D eigenvalue weighted by Gasteiger charge is -2.19. The molecule has 3 aromatic carbocycles. The van der Waals surface area contributed by atoms with Gasteiger partial charge in [-0.3, -0.25) is 19.8 Å². The summed E-state index contributed by atoms with van der Waals surface area (Å²) in [5.74, 6) is 0.929. The third-order valence-electron chi connectivity index (χ3n) is 4.87. The van der Waals surface area contributed by atoms with Crippen LogP contribution in [0.1, 0.15) is 16.7 Å². The van der Waals surface area contributed by atoms with Crippen molar-refractivity contribution in [1.82, 2.24) is 0 Å². The summed E-state index contributed by atoms with van der Waals surface area (Å²) >= 11 is 0. The van der Waals surface area contributed by atoms with E-state index in [0.29, 0.717) is 22.8 Å². The molecule has 1 heterocycles. The Labute approximate surface area is 179 Å². The highest BCUT2D eigenvalue weighted by atomic mass is 16.6. The highest BCUT2D eigenvalue weighted by molar-refractivity contribution is 6.33. The third kappa shape index (κ3) is 4.06. The summed E-state index contributed by atoms with van der Waals surface area (Å²) in [4.78, 5) is 29.9. The predicted octanol–water partition coefficient (Wildman–Crippen LogP) is 4.75. The first-order valence-electron chi connectivity index (χ1n) is 9.56. The number of nitro benzene ring substituents is 1. The van der Waals surface area contributed by atoms with E-state index in [0.717, 1.165) is 11.1 Å². The number of amides is 1. The first-order valence-corrected chi connectivity index (χ1v) is 9.56. The lowest BCUT2D eigenvalue weighted by Crippen LogP contribution is -2.32. The number of rotatable bonds is 5. The van der Waals surface area contributed by atoms with E-state index in [9.17, 15) is 14.9 Å². The number of non-ortho nitro benzene ring substituents is 1. The Morgan fingerprint density at radius 3 is 2.35 bits per heavy atom. The molecule has 0 radical (unpaired) electrons. The van der Waals surface area contributed by atoms with E-state index in [4.69, 9.17) is 4.74 Å². The normalized spacial score (nSPS) is 14.6. The molecule has 154 valence electrons. The van der Waals surface area contributed by atoms with Crippen molar-refractivity contribution in [3.63, 3.8) is 0 Å². The van der Waals surface area contributed by atoms with Crippen LogP contribution >= 0.6 is 0 Å². The van der Waals surface area contributed by atoms with Crippen LogP contribution in [0.3, 0.4) is 0 Å². The Morgan fingerprint density at radius 1 is 1.03 bits per heavy atom. The second-order valence-electron chi connectivity index (χ2n) is 7.02. The molecule has 0 saturated carbocycles. The molecule has 0 fully saturated rings. The van der Waals surface area contributed by atoms with Crippen molar-refractivity contribution in [2.45, 2.75) is 6.92 Å². The fourth-order valence-electron chi connectivity index (χ4n) is 3.32. The Bertz CT molecular complexity index is 1210. The van der Waals surface area contributed by atoms with Gasteiger partial charge >= 0.3 is 0 Å². The third-order valence-corrected chi connectivity index (χ3v) is 4.87. The molecule has 3 aromatic rings. The van der Waals surface area contributed by atoms with Crippen molar-refractivity contribution in [3.05, 3.63) is 105 Å². The minimum atomic E-state index is -0.461.